The van der Waals surface area contributed by atoms with Gasteiger partial charge >= 0.3 is 0 Å². The van der Waals surface area contributed by atoms with E-state index in [1.54, 1.807) is 6.07 Å². The number of rotatable bonds is 6. The van der Waals surface area contributed by atoms with Crippen LogP contribution < -0.4 is 5.73 Å². The third-order valence-corrected chi connectivity index (χ3v) is 2.98. The molecule has 0 aromatic heterocycles. The van der Waals surface area contributed by atoms with Crippen molar-refractivity contribution in [3.8, 4) is 0 Å². The fourth-order valence-electron chi connectivity index (χ4n) is 1.79. The zero-order valence-electron chi connectivity index (χ0n) is 9.36. The second kappa shape index (κ2) is 5.41. The molecule has 3 heteroatoms. The van der Waals surface area contributed by atoms with Crippen LogP contribution in [0.15, 0.2) is 24.3 Å². The molecule has 1 aromatic carbocycles. The molecule has 2 N–H and O–H groups in total. The zero-order chi connectivity index (χ0) is 11.4. The quantitative estimate of drug-likeness (QED) is 0.804. The molecule has 1 aromatic rings. The molecular formula is C13H18FNO. The summed E-state index contributed by atoms with van der Waals surface area (Å²) < 4.78 is 18.7. The van der Waals surface area contributed by atoms with Crippen LogP contribution in [-0.2, 0) is 4.74 Å². The van der Waals surface area contributed by atoms with Crippen molar-refractivity contribution < 1.29 is 9.13 Å². The molecule has 0 aliphatic heterocycles. The number of nitrogens with two attached hydrogens (primary N) is 1. The maximum absolute atomic E-state index is 13.0. The molecule has 0 amide bonds. The Morgan fingerprint density at radius 2 is 2.25 bits per heavy atom. The second-order valence-electron chi connectivity index (χ2n) is 4.38. The summed E-state index contributed by atoms with van der Waals surface area (Å²) in [6, 6.07) is 6.48. The molecule has 1 unspecified atom stereocenters. The zero-order valence-corrected chi connectivity index (χ0v) is 9.36. The highest BCUT2D eigenvalue weighted by molar-refractivity contribution is 5.19. The highest BCUT2D eigenvalue weighted by Gasteiger charge is 2.21. The monoisotopic (exact) mass is 223 g/mol. The molecule has 16 heavy (non-hydrogen) atoms. The van der Waals surface area contributed by atoms with Gasteiger partial charge in [0.25, 0.3) is 0 Å². The minimum Gasteiger partial charge on any atom is -0.372 e. The van der Waals surface area contributed by atoms with E-state index < -0.39 is 0 Å². The van der Waals surface area contributed by atoms with Crippen molar-refractivity contribution >= 4 is 0 Å². The summed E-state index contributed by atoms with van der Waals surface area (Å²) in [5.74, 6) is 0.618. The Morgan fingerprint density at radius 3 is 2.88 bits per heavy atom. The first-order valence-electron chi connectivity index (χ1n) is 5.86. The van der Waals surface area contributed by atoms with E-state index in [-0.39, 0.29) is 11.9 Å². The Balaban J connectivity index is 1.87. The fourth-order valence-corrected chi connectivity index (χ4v) is 1.79. The molecule has 1 aliphatic rings. The van der Waals surface area contributed by atoms with E-state index >= 15 is 0 Å². The van der Waals surface area contributed by atoms with Crippen LogP contribution in [0.2, 0.25) is 0 Å². The number of hydrogen-bond acceptors (Lipinski definition) is 2. The Bertz CT molecular complexity index is 338. The van der Waals surface area contributed by atoms with E-state index in [1.165, 1.54) is 25.0 Å². The van der Waals surface area contributed by atoms with Gasteiger partial charge in [-0.25, -0.2) is 4.39 Å². The first-order chi connectivity index (χ1) is 7.79. The van der Waals surface area contributed by atoms with Gasteiger partial charge in [-0.15, -0.1) is 0 Å². The molecule has 0 saturated heterocycles. The van der Waals surface area contributed by atoms with Crippen molar-refractivity contribution in [2.24, 2.45) is 11.7 Å². The molecule has 2 nitrogen and oxygen atoms in total. The second-order valence-corrected chi connectivity index (χ2v) is 4.38. The van der Waals surface area contributed by atoms with Crippen LogP contribution in [0, 0.1) is 11.7 Å². The van der Waals surface area contributed by atoms with Crippen molar-refractivity contribution in [3.63, 3.8) is 0 Å². The van der Waals surface area contributed by atoms with Gasteiger partial charge in [-0.2, -0.15) is 0 Å². The summed E-state index contributed by atoms with van der Waals surface area (Å²) in [6.07, 6.45) is 3.59. The van der Waals surface area contributed by atoms with Gasteiger partial charge in [0, 0.05) is 13.2 Å². The molecule has 0 bridgehead atoms. The van der Waals surface area contributed by atoms with Crippen LogP contribution >= 0.6 is 0 Å². The summed E-state index contributed by atoms with van der Waals surface area (Å²) in [5.41, 5.74) is 6.47. The Kier molecular flexibility index (Phi) is 3.91. The van der Waals surface area contributed by atoms with Crippen LogP contribution in [0.4, 0.5) is 4.39 Å². The van der Waals surface area contributed by atoms with Gasteiger partial charge in [0.2, 0.25) is 0 Å². The maximum Gasteiger partial charge on any atom is 0.123 e. The highest BCUT2D eigenvalue weighted by Crippen LogP contribution is 2.32. The minimum atomic E-state index is -0.234. The van der Waals surface area contributed by atoms with Crippen LogP contribution in [0.25, 0.3) is 0 Å². The van der Waals surface area contributed by atoms with Gasteiger partial charge < -0.3 is 10.5 Å². The van der Waals surface area contributed by atoms with Gasteiger partial charge in [0.05, 0.1) is 6.10 Å². The van der Waals surface area contributed by atoms with Crippen molar-refractivity contribution in [2.45, 2.75) is 25.4 Å². The summed E-state index contributed by atoms with van der Waals surface area (Å²) in [7, 11) is 0. The van der Waals surface area contributed by atoms with E-state index in [4.69, 9.17) is 10.5 Å². The van der Waals surface area contributed by atoms with Crippen molar-refractivity contribution in [2.75, 3.05) is 13.2 Å². The van der Waals surface area contributed by atoms with Gasteiger partial charge in [-0.05, 0) is 30.0 Å². The molecule has 2 rings (SSSR count). The lowest BCUT2D eigenvalue weighted by Crippen LogP contribution is -2.16. The number of ether oxygens (including phenoxy) is 1. The van der Waals surface area contributed by atoms with E-state index in [2.05, 4.69) is 0 Å². The molecule has 1 aliphatic carbocycles. The summed E-state index contributed by atoms with van der Waals surface area (Å²) in [5, 5.41) is 0. The van der Waals surface area contributed by atoms with Gasteiger partial charge in [0.1, 0.15) is 5.82 Å². The average molecular weight is 223 g/mol. The standard InChI is InChI=1S/C13H18FNO/c14-12-3-1-2-11(8-12)13(9-15)16-7-6-10-4-5-10/h1-3,8,10,13H,4-7,9,15H2. The molecule has 0 spiro atoms. The van der Waals surface area contributed by atoms with Gasteiger partial charge in [-0.1, -0.05) is 25.0 Å². The molecular weight excluding hydrogens is 205 g/mol. The average Bonchev–Trinajstić information content (AvgIpc) is 3.08. The lowest BCUT2D eigenvalue weighted by molar-refractivity contribution is 0.0543. The van der Waals surface area contributed by atoms with Crippen LogP contribution in [0.5, 0.6) is 0 Å². The molecule has 0 heterocycles. The Morgan fingerprint density at radius 1 is 1.44 bits per heavy atom. The van der Waals surface area contributed by atoms with Crippen molar-refractivity contribution in [1.82, 2.24) is 0 Å². The summed E-state index contributed by atoms with van der Waals surface area (Å²) in [4.78, 5) is 0. The van der Waals surface area contributed by atoms with Crippen LogP contribution in [0.1, 0.15) is 30.9 Å². The van der Waals surface area contributed by atoms with E-state index in [0.717, 1.165) is 24.5 Å². The normalized spacial score (nSPS) is 17.4. The van der Waals surface area contributed by atoms with E-state index in [1.807, 2.05) is 6.07 Å². The molecule has 0 radical (unpaired) electrons. The molecule has 88 valence electrons. The largest absolute Gasteiger partial charge is 0.372 e. The molecule has 1 atom stereocenters. The van der Waals surface area contributed by atoms with Crippen LogP contribution in [-0.4, -0.2) is 13.2 Å². The topological polar surface area (TPSA) is 35.2 Å². The van der Waals surface area contributed by atoms with Gasteiger partial charge in [0.15, 0.2) is 0 Å². The lowest BCUT2D eigenvalue weighted by atomic mass is 10.1. The highest BCUT2D eigenvalue weighted by atomic mass is 19.1. The SMILES string of the molecule is NCC(OCCC1CC1)c1cccc(F)c1. The van der Waals surface area contributed by atoms with E-state index in [9.17, 15) is 4.39 Å². The Hall–Kier alpha value is -0.930. The predicted molar refractivity (Wildman–Crippen MR) is 61.5 cm³/mol. The third kappa shape index (κ3) is 3.29. The van der Waals surface area contributed by atoms with Crippen LogP contribution in [0.3, 0.4) is 0 Å². The minimum absolute atomic E-state index is 0.172. The lowest BCUT2D eigenvalue weighted by Gasteiger charge is -2.16. The third-order valence-electron chi connectivity index (χ3n) is 2.98. The number of halogens is 1. The predicted octanol–water partition coefficient (Wildman–Crippen LogP) is 2.64. The fraction of sp³-hybridized carbons (Fsp3) is 0.538. The summed E-state index contributed by atoms with van der Waals surface area (Å²) >= 11 is 0. The maximum atomic E-state index is 13.0. The smallest absolute Gasteiger partial charge is 0.123 e. The first-order valence-corrected chi connectivity index (χ1v) is 5.86. The Labute approximate surface area is 95.6 Å². The van der Waals surface area contributed by atoms with Crippen molar-refractivity contribution in [3.05, 3.63) is 35.6 Å². The first kappa shape index (κ1) is 11.6. The van der Waals surface area contributed by atoms with Gasteiger partial charge in [-0.3, -0.25) is 0 Å². The summed E-state index contributed by atoms with van der Waals surface area (Å²) in [6.45, 7) is 1.12. The number of hydrogen-bond donors (Lipinski definition) is 1. The van der Waals surface area contributed by atoms with Crippen molar-refractivity contribution in [1.29, 1.82) is 0 Å². The van der Waals surface area contributed by atoms with E-state index in [0.29, 0.717) is 6.54 Å². The molecule has 1 saturated carbocycles. The number of benzene rings is 1. The molecule has 1 fully saturated rings.